The fourth-order valence-corrected chi connectivity index (χ4v) is 6.55. The van der Waals surface area contributed by atoms with Gasteiger partial charge in [0.15, 0.2) is 0 Å². The van der Waals surface area contributed by atoms with Gasteiger partial charge in [-0.15, -0.1) is 11.8 Å². The van der Waals surface area contributed by atoms with Crippen molar-refractivity contribution in [3.8, 4) is 0 Å². The van der Waals surface area contributed by atoms with Gasteiger partial charge in [-0.1, -0.05) is 55.8 Å². The molecular weight excluding hydrogens is 364 g/mol. The first-order valence-electron chi connectivity index (χ1n) is 10.8. The Hall–Kier alpha value is -1.26. The number of hydrogen-bond donors (Lipinski definition) is 0. The molecule has 4 rings (SSSR count). The minimum absolute atomic E-state index is 0.0511. The lowest BCUT2D eigenvalue weighted by atomic mass is 9.76. The van der Waals surface area contributed by atoms with E-state index in [-0.39, 0.29) is 10.3 Å². The van der Waals surface area contributed by atoms with Crippen molar-refractivity contribution in [3.63, 3.8) is 0 Å². The molecule has 28 heavy (non-hydrogen) atoms. The molecule has 3 aliphatic rings. The number of hydrogen-bond acceptors (Lipinski definition) is 3. The summed E-state index contributed by atoms with van der Waals surface area (Å²) >= 11 is 1.91. The van der Waals surface area contributed by atoms with Crippen LogP contribution in [-0.4, -0.2) is 46.0 Å². The topological polar surface area (TPSA) is 23.6 Å². The van der Waals surface area contributed by atoms with Crippen LogP contribution in [0.5, 0.6) is 0 Å². The largest absolute Gasteiger partial charge is 0.327 e. The Labute approximate surface area is 174 Å². The Morgan fingerprint density at radius 3 is 2.50 bits per heavy atom. The van der Waals surface area contributed by atoms with Crippen molar-refractivity contribution in [3.05, 3.63) is 47.5 Å². The van der Waals surface area contributed by atoms with Gasteiger partial charge in [0.2, 0.25) is 5.91 Å². The van der Waals surface area contributed by atoms with Crippen LogP contribution in [0.4, 0.5) is 0 Å². The molecule has 2 heterocycles. The molecule has 1 aliphatic carbocycles. The summed E-state index contributed by atoms with van der Waals surface area (Å²) in [6, 6.07) is 10.7. The van der Waals surface area contributed by atoms with Gasteiger partial charge >= 0.3 is 0 Å². The van der Waals surface area contributed by atoms with E-state index in [4.69, 9.17) is 0 Å². The highest BCUT2D eigenvalue weighted by molar-refractivity contribution is 8.01. The summed E-state index contributed by atoms with van der Waals surface area (Å²) < 4.78 is 0. The molecule has 1 aromatic carbocycles. The normalized spacial score (nSPS) is 26.8. The number of piperidine rings is 1. The van der Waals surface area contributed by atoms with Crippen LogP contribution in [0.3, 0.4) is 0 Å². The number of carbonyl (C=O) groups excluding carboxylic acids is 1. The molecule has 0 N–H and O–H groups in total. The molecule has 1 atom stereocenters. The van der Waals surface area contributed by atoms with Gasteiger partial charge < -0.3 is 4.90 Å². The van der Waals surface area contributed by atoms with Crippen LogP contribution in [0.15, 0.2) is 42.0 Å². The first-order valence-corrected chi connectivity index (χ1v) is 11.8. The predicted octanol–water partition coefficient (Wildman–Crippen LogP) is 4.94. The van der Waals surface area contributed by atoms with Gasteiger partial charge in [-0.05, 0) is 49.5 Å². The van der Waals surface area contributed by atoms with Crippen molar-refractivity contribution in [1.29, 1.82) is 0 Å². The molecule has 0 radical (unpaired) electrons. The van der Waals surface area contributed by atoms with Crippen LogP contribution < -0.4 is 0 Å². The molecule has 1 unspecified atom stereocenters. The molecule has 4 heteroatoms. The van der Waals surface area contributed by atoms with Crippen molar-refractivity contribution in [2.24, 2.45) is 11.3 Å². The smallest absolute Gasteiger partial charge is 0.233 e. The number of amides is 1. The summed E-state index contributed by atoms with van der Waals surface area (Å²) in [4.78, 5) is 17.6. The molecule has 3 nitrogen and oxygen atoms in total. The van der Waals surface area contributed by atoms with E-state index in [9.17, 15) is 4.79 Å². The van der Waals surface area contributed by atoms with Crippen LogP contribution in [0.2, 0.25) is 0 Å². The van der Waals surface area contributed by atoms with Crippen LogP contribution in [0, 0.1) is 11.3 Å². The zero-order valence-corrected chi connectivity index (χ0v) is 18.4. The van der Waals surface area contributed by atoms with Crippen molar-refractivity contribution < 1.29 is 4.79 Å². The summed E-state index contributed by atoms with van der Waals surface area (Å²) in [5, 5.41) is 0. The number of nitrogens with zero attached hydrogens (tertiary/aromatic N) is 2. The Morgan fingerprint density at radius 2 is 1.86 bits per heavy atom. The van der Waals surface area contributed by atoms with Crippen molar-refractivity contribution in [1.82, 2.24) is 9.80 Å². The molecule has 0 bridgehead atoms. The van der Waals surface area contributed by atoms with E-state index in [0.29, 0.717) is 17.6 Å². The molecule has 1 amide bonds. The highest BCUT2D eigenvalue weighted by atomic mass is 32.2. The Kier molecular flexibility index (Phi) is 5.63. The van der Waals surface area contributed by atoms with Crippen molar-refractivity contribution >= 4 is 17.7 Å². The maximum absolute atomic E-state index is 12.7. The predicted molar refractivity (Wildman–Crippen MR) is 118 cm³/mol. The van der Waals surface area contributed by atoms with E-state index in [2.05, 4.69) is 67.0 Å². The highest BCUT2D eigenvalue weighted by Crippen LogP contribution is 2.48. The van der Waals surface area contributed by atoms with E-state index in [1.54, 1.807) is 0 Å². The molecular formula is C24H34N2OS. The van der Waals surface area contributed by atoms with Gasteiger partial charge in [0.25, 0.3) is 0 Å². The molecule has 2 fully saturated rings. The molecule has 0 aromatic heterocycles. The van der Waals surface area contributed by atoms with Gasteiger partial charge in [-0.25, -0.2) is 0 Å². The lowest BCUT2D eigenvalue weighted by Gasteiger charge is -2.45. The Balaban J connectivity index is 1.36. The van der Waals surface area contributed by atoms with Crippen LogP contribution in [0.25, 0.3) is 0 Å². The first kappa shape index (κ1) is 20.0. The van der Waals surface area contributed by atoms with E-state index in [0.717, 1.165) is 45.4 Å². The standard InChI is InChI=1S/C24H34N2OS/c1-19-9-10-21(23(19,2)3)11-14-26-22(27)18-28-24(26)12-15-25(16-13-24)17-20-7-5-4-6-8-20/h4-9,21H,10-18H2,1-3H3. The fraction of sp³-hybridized carbons (Fsp3) is 0.625. The van der Waals surface area contributed by atoms with Crippen LogP contribution in [-0.2, 0) is 11.3 Å². The monoisotopic (exact) mass is 398 g/mol. The second kappa shape index (κ2) is 7.87. The minimum Gasteiger partial charge on any atom is -0.327 e. The van der Waals surface area contributed by atoms with Gasteiger partial charge in [0, 0.05) is 26.2 Å². The number of benzene rings is 1. The lowest BCUT2D eigenvalue weighted by Crippen LogP contribution is -2.52. The molecule has 1 spiro atoms. The average molecular weight is 399 g/mol. The zero-order chi connectivity index (χ0) is 19.8. The quantitative estimate of drug-likeness (QED) is 0.657. The van der Waals surface area contributed by atoms with Gasteiger partial charge in [-0.2, -0.15) is 0 Å². The number of rotatable bonds is 5. The molecule has 2 saturated heterocycles. The van der Waals surface area contributed by atoms with Crippen LogP contribution in [0.1, 0.15) is 52.0 Å². The molecule has 0 saturated carbocycles. The SMILES string of the molecule is CC1=CCC(CCN2C(=O)CSC23CCN(Cc2ccccc2)CC3)C1(C)C. The van der Waals surface area contributed by atoms with E-state index in [1.807, 2.05) is 11.8 Å². The van der Waals surface area contributed by atoms with Gasteiger partial charge in [0.1, 0.15) is 0 Å². The summed E-state index contributed by atoms with van der Waals surface area (Å²) in [6.45, 7) is 11.1. The number of allylic oxidation sites excluding steroid dienone is 2. The number of carbonyl (C=O) groups is 1. The Bertz CT molecular complexity index is 734. The van der Waals surface area contributed by atoms with Crippen LogP contribution >= 0.6 is 11.8 Å². The highest BCUT2D eigenvalue weighted by Gasteiger charge is 2.48. The average Bonchev–Trinajstić information content (AvgIpc) is 3.13. The lowest BCUT2D eigenvalue weighted by molar-refractivity contribution is -0.131. The molecule has 2 aliphatic heterocycles. The summed E-state index contributed by atoms with van der Waals surface area (Å²) in [7, 11) is 0. The van der Waals surface area contributed by atoms with E-state index in [1.165, 1.54) is 17.6 Å². The second-order valence-electron chi connectivity index (χ2n) is 9.37. The first-order chi connectivity index (χ1) is 13.4. The molecule has 152 valence electrons. The number of likely N-dealkylation sites (tertiary alicyclic amines) is 1. The third kappa shape index (κ3) is 3.78. The van der Waals surface area contributed by atoms with E-state index >= 15 is 0 Å². The third-order valence-electron chi connectivity index (χ3n) is 7.59. The van der Waals surface area contributed by atoms with Gasteiger partial charge in [0.05, 0.1) is 10.6 Å². The zero-order valence-electron chi connectivity index (χ0n) is 17.6. The van der Waals surface area contributed by atoms with Crippen molar-refractivity contribution in [2.75, 3.05) is 25.4 Å². The fourth-order valence-electron chi connectivity index (χ4n) is 5.19. The summed E-state index contributed by atoms with van der Waals surface area (Å²) in [5.74, 6) is 1.70. The maximum atomic E-state index is 12.7. The minimum atomic E-state index is 0.0511. The second-order valence-corrected chi connectivity index (χ2v) is 10.7. The van der Waals surface area contributed by atoms with E-state index < -0.39 is 0 Å². The third-order valence-corrected chi connectivity index (χ3v) is 9.15. The summed E-state index contributed by atoms with van der Waals surface area (Å²) in [6.07, 6.45) is 6.90. The maximum Gasteiger partial charge on any atom is 0.233 e. The summed E-state index contributed by atoms with van der Waals surface area (Å²) in [5.41, 5.74) is 3.18. The van der Waals surface area contributed by atoms with Gasteiger partial charge in [-0.3, -0.25) is 9.69 Å². The van der Waals surface area contributed by atoms with Crippen molar-refractivity contribution in [2.45, 2.75) is 57.9 Å². The number of thioether (sulfide) groups is 1. The Morgan fingerprint density at radius 1 is 1.14 bits per heavy atom. The molecule has 1 aromatic rings.